The van der Waals surface area contributed by atoms with E-state index in [1.54, 1.807) is 6.20 Å². The molecule has 192 valence electrons. The van der Waals surface area contributed by atoms with Gasteiger partial charge < -0.3 is 10.1 Å². The summed E-state index contributed by atoms with van der Waals surface area (Å²) in [5.74, 6) is 1.05. The number of carbonyl (C=O) groups excluding carboxylic acids is 1. The Morgan fingerprint density at radius 3 is 2.55 bits per heavy atom. The molecule has 10 heteroatoms. The predicted molar refractivity (Wildman–Crippen MR) is 147 cm³/mol. The van der Waals surface area contributed by atoms with Gasteiger partial charge in [0.25, 0.3) is 5.91 Å². The SMILES string of the molecule is CCCc1c(C(=O)NCc2ccc(-c3ccc(OCc4nn[nH]n4)c(Br)c3)cc2)cnn1-c1ccccc1. The molecule has 0 radical (unpaired) electrons. The predicted octanol–water partition coefficient (Wildman–Crippen LogP) is 5.28. The van der Waals surface area contributed by atoms with Crippen molar-refractivity contribution in [1.29, 1.82) is 0 Å². The lowest BCUT2D eigenvalue weighted by Crippen LogP contribution is -2.23. The minimum absolute atomic E-state index is 0.125. The van der Waals surface area contributed by atoms with Crippen LogP contribution in [0.5, 0.6) is 5.75 Å². The normalized spacial score (nSPS) is 10.9. The van der Waals surface area contributed by atoms with Crippen LogP contribution in [0.2, 0.25) is 0 Å². The van der Waals surface area contributed by atoms with E-state index < -0.39 is 0 Å². The van der Waals surface area contributed by atoms with Crippen LogP contribution in [0.4, 0.5) is 0 Å². The average molecular weight is 572 g/mol. The fourth-order valence-corrected chi connectivity index (χ4v) is 4.60. The molecule has 0 fully saturated rings. The number of halogens is 1. The number of aromatic amines is 1. The highest BCUT2D eigenvalue weighted by Gasteiger charge is 2.17. The maximum atomic E-state index is 13.0. The number of ether oxygens (including phenoxy) is 1. The molecule has 2 N–H and O–H groups in total. The first-order chi connectivity index (χ1) is 18.6. The second kappa shape index (κ2) is 11.8. The molecule has 0 bridgehead atoms. The van der Waals surface area contributed by atoms with Crippen molar-refractivity contribution in [3.8, 4) is 22.6 Å². The number of H-pyrrole nitrogens is 1. The second-order valence-corrected chi connectivity index (χ2v) is 9.50. The number of carbonyl (C=O) groups is 1. The van der Waals surface area contributed by atoms with Gasteiger partial charge in [-0.25, -0.2) is 4.68 Å². The van der Waals surface area contributed by atoms with E-state index in [0.717, 1.165) is 45.4 Å². The summed E-state index contributed by atoms with van der Waals surface area (Å²) in [6.45, 7) is 2.75. The average Bonchev–Trinajstić information content (AvgIpc) is 3.62. The van der Waals surface area contributed by atoms with Crippen LogP contribution in [-0.4, -0.2) is 36.3 Å². The zero-order valence-electron chi connectivity index (χ0n) is 20.8. The number of tetrazole rings is 1. The Morgan fingerprint density at radius 2 is 1.84 bits per heavy atom. The van der Waals surface area contributed by atoms with Gasteiger partial charge >= 0.3 is 0 Å². The third-order valence-corrected chi connectivity index (χ3v) is 6.64. The minimum atomic E-state index is -0.125. The van der Waals surface area contributed by atoms with Crippen molar-refractivity contribution < 1.29 is 9.53 Å². The quantitative estimate of drug-likeness (QED) is 0.236. The smallest absolute Gasteiger partial charge is 0.255 e. The fraction of sp³-hybridized carbons (Fsp3) is 0.179. The number of nitrogens with one attached hydrogen (secondary N) is 2. The summed E-state index contributed by atoms with van der Waals surface area (Å²) in [7, 11) is 0. The number of nitrogens with zero attached hydrogens (tertiary/aromatic N) is 5. The standard InChI is InChI=1S/C28H26BrN7O2/c1-2-6-25-23(17-31-36(25)22-7-4-3-5-8-22)28(37)30-16-19-9-11-20(12-10-19)21-13-14-26(24(29)15-21)38-18-27-32-34-35-33-27/h3-5,7-15,17H,2,6,16,18H2,1H3,(H,30,37)(H,32,33,34,35). The number of para-hydroxylation sites is 1. The molecule has 0 atom stereocenters. The van der Waals surface area contributed by atoms with Crippen LogP contribution in [0.25, 0.3) is 16.8 Å². The van der Waals surface area contributed by atoms with Crippen molar-refractivity contribution in [1.82, 2.24) is 35.7 Å². The molecular weight excluding hydrogens is 546 g/mol. The van der Waals surface area contributed by atoms with Gasteiger partial charge in [0.1, 0.15) is 5.75 Å². The number of aromatic nitrogens is 6. The van der Waals surface area contributed by atoms with Crippen LogP contribution in [0, 0.1) is 0 Å². The molecule has 38 heavy (non-hydrogen) atoms. The lowest BCUT2D eigenvalue weighted by molar-refractivity contribution is 0.0950. The molecule has 0 saturated heterocycles. The fourth-order valence-electron chi connectivity index (χ4n) is 4.11. The zero-order valence-corrected chi connectivity index (χ0v) is 22.4. The van der Waals surface area contributed by atoms with Crippen molar-refractivity contribution in [2.24, 2.45) is 0 Å². The molecule has 0 saturated carbocycles. The second-order valence-electron chi connectivity index (χ2n) is 8.64. The van der Waals surface area contributed by atoms with Gasteiger partial charge in [-0.15, -0.1) is 10.2 Å². The molecule has 0 aliphatic heterocycles. The topological polar surface area (TPSA) is 111 Å². The van der Waals surface area contributed by atoms with Crippen molar-refractivity contribution in [3.05, 3.63) is 106 Å². The summed E-state index contributed by atoms with van der Waals surface area (Å²) in [5.41, 5.74) is 5.58. The van der Waals surface area contributed by atoms with E-state index in [1.165, 1.54) is 0 Å². The maximum absolute atomic E-state index is 13.0. The lowest BCUT2D eigenvalue weighted by Gasteiger charge is -2.11. The molecule has 9 nitrogen and oxygen atoms in total. The van der Waals surface area contributed by atoms with E-state index >= 15 is 0 Å². The Morgan fingerprint density at radius 1 is 1.05 bits per heavy atom. The molecule has 0 aliphatic carbocycles. The van der Waals surface area contributed by atoms with E-state index in [1.807, 2.05) is 77.5 Å². The van der Waals surface area contributed by atoms with Crippen LogP contribution < -0.4 is 10.1 Å². The monoisotopic (exact) mass is 571 g/mol. The number of hydrogen-bond acceptors (Lipinski definition) is 6. The molecule has 0 aliphatic rings. The van der Waals surface area contributed by atoms with Crippen LogP contribution >= 0.6 is 15.9 Å². The molecular formula is C28H26BrN7O2. The Labute approximate surface area is 228 Å². The van der Waals surface area contributed by atoms with Crippen LogP contribution in [0.3, 0.4) is 0 Å². The summed E-state index contributed by atoms with van der Waals surface area (Å²) < 4.78 is 8.44. The van der Waals surface area contributed by atoms with Gasteiger partial charge in [-0.3, -0.25) is 4.79 Å². The van der Waals surface area contributed by atoms with Crippen LogP contribution in [0.1, 0.15) is 40.8 Å². The summed E-state index contributed by atoms with van der Waals surface area (Å²) >= 11 is 3.58. The molecule has 5 aromatic rings. The number of benzene rings is 3. The molecule has 1 amide bonds. The molecule has 3 aromatic carbocycles. The van der Waals surface area contributed by atoms with Crippen molar-refractivity contribution in [2.45, 2.75) is 32.9 Å². The summed E-state index contributed by atoms with van der Waals surface area (Å²) in [5, 5.41) is 21.2. The minimum Gasteiger partial charge on any atom is -0.484 e. The van der Waals surface area contributed by atoms with E-state index in [-0.39, 0.29) is 12.5 Å². The first-order valence-electron chi connectivity index (χ1n) is 12.3. The van der Waals surface area contributed by atoms with E-state index in [9.17, 15) is 4.79 Å². The first kappa shape index (κ1) is 25.3. The van der Waals surface area contributed by atoms with Gasteiger partial charge in [0.2, 0.25) is 5.82 Å². The molecule has 2 heterocycles. The summed E-state index contributed by atoms with van der Waals surface area (Å²) in [4.78, 5) is 13.0. The Bertz CT molecular complexity index is 1500. The van der Waals surface area contributed by atoms with Crippen molar-refractivity contribution in [2.75, 3.05) is 0 Å². The molecule has 5 rings (SSSR count). The Balaban J connectivity index is 1.22. The van der Waals surface area contributed by atoms with Gasteiger partial charge in [-0.1, -0.05) is 67.1 Å². The number of amides is 1. The van der Waals surface area contributed by atoms with Crippen LogP contribution in [-0.2, 0) is 19.6 Å². The Kier molecular flexibility index (Phi) is 7.89. The highest BCUT2D eigenvalue weighted by atomic mass is 79.9. The Hall–Kier alpha value is -4.31. The van der Waals surface area contributed by atoms with E-state index in [2.05, 4.69) is 53.9 Å². The highest BCUT2D eigenvalue weighted by molar-refractivity contribution is 9.10. The van der Waals surface area contributed by atoms with Crippen molar-refractivity contribution >= 4 is 21.8 Å². The largest absolute Gasteiger partial charge is 0.484 e. The van der Waals surface area contributed by atoms with Gasteiger partial charge in [0.05, 0.1) is 27.6 Å². The zero-order chi connectivity index (χ0) is 26.3. The molecule has 2 aromatic heterocycles. The highest BCUT2D eigenvalue weighted by Crippen LogP contribution is 2.31. The van der Waals surface area contributed by atoms with E-state index in [4.69, 9.17) is 4.74 Å². The molecule has 0 spiro atoms. The third-order valence-electron chi connectivity index (χ3n) is 6.02. The summed E-state index contributed by atoms with van der Waals surface area (Å²) in [6, 6.07) is 23.9. The lowest BCUT2D eigenvalue weighted by atomic mass is 10.0. The van der Waals surface area contributed by atoms with E-state index in [0.29, 0.717) is 23.7 Å². The van der Waals surface area contributed by atoms with Crippen LogP contribution in [0.15, 0.2) is 83.5 Å². The molecule has 0 unspecified atom stereocenters. The summed E-state index contributed by atoms with van der Waals surface area (Å²) in [6.07, 6.45) is 3.34. The number of rotatable bonds is 10. The first-order valence-corrected chi connectivity index (χ1v) is 13.1. The van der Waals surface area contributed by atoms with Crippen molar-refractivity contribution in [3.63, 3.8) is 0 Å². The van der Waals surface area contributed by atoms with Gasteiger partial charge in [0, 0.05) is 6.54 Å². The van der Waals surface area contributed by atoms with Gasteiger partial charge in [-0.05, 0) is 63.3 Å². The maximum Gasteiger partial charge on any atom is 0.255 e. The van der Waals surface area contributed by atoms with Gasteiger partial charge in [0.15, 0.2) is 6.61 Å². The van der Waals surface area contributed by atoms with Gasteiger partial charge in [-0.2, -0.15) is 10.3 Å². The third kappa shape index (κ3) is 5.81. The number of hydrogen-bond donors (Lipinski definition) is 2.